The summed E-state index contributed by atoms with van der Waals surface area (Å²) in [6.07, 6.45) is 1.75. The fourth-order valence-corrected chi connectivity index (χ4v) is 4.09. The number of benzene rings is 2. The molecule has 2 amide bonds. The van der Waals surface area contributed by atoms with Crippen LogP contribution in [0.15, 0.2) is 53.4 Å². The summed E-state index contributed by atoms with van der Waals surface area (Å²) in [6.45, 7) is 3.21. The summed E-state index contributed by atoms with van der Waals surface area (Å²) in [5.41, 5.74) is 2.49. The van der Waals surface area contributed by atoms with Crippen LogP contribution in [0.5, 0.6) is 0 Å². The van der Waals surface area contributed by atoms with Crippen LogP contribution in [0.4, 0.5) is 16.2 Å². The Hall–Kier alpha value is -2.28. The van der Waals surface area contributed by atoms with E-state index in [-0.39, 0.29) is 11.1 Å². The topological polar surface area (TPSA) is 49.9 Å². The van der Waals surface area contributed by atoms with Crippen molar-refractivity contribution in [1.29, 1.82) is 0 Å². The summed E-state index contributed by atoms with van der Waals surface area (Å²) in [5, 5.41) is 0.160. The lowest BCUT2D eigenvalue weighted by Crippen LogP contribution is -2.36. The van der Waals surface area contributed by atoms with E-state index in [4.69, 9.17) is 16.3 Å². The minimum absolute atomic E-state index is 0.321. The highest BCUT2D eigenvalue weighted by molar-refractivity contribution is 8.19. The Morgan fingerprint density at radius 3 is 2.44 bits per heavy atom. The maximum atomic E-state index is 12.7. The zero-order valence-electron chi connectivity index (χ0n) is 14.4. The average Bonchev–Trinajstić information content (AvgIpc) is 2.96. The van der Waals surface area contributed by atoms with Gasteiger partial charge in [-0.2, -0.15) is 0 Å². The molecule has 2 aromatic rings. The summed E-state index contributed by atoms with van der Waals surface area (Å²) in [5.74, 6) is -0.329. The summed E-state index contributed by atoms with van der Waals surface area (Å²) in [6, 6.07) is 14.7. The Morgan fingerprint density at radius 2 is 1.74 bits per heavy atom. The first-order valence-corrected chi connectivity index (χ1v) is 9.77. The number of anilines is 2. The molecule has 2 heterocycles. The van der Waals surface area contributed by atoms with Crippen molar-refractivity contribution in [3.8, 4) is 0 Å². The molecule has 0 aromatic heterocycles. The highest BCUT2D eigenvalue weighted by atomic mass is 35.5. The van der Waals surface area contributed by atoms with Crippen LogP contribution >= 0.6 is 23.4 Å². The molecule has 2 aromatic carbocycles. The molecule has 0 aliphatic carbocycles. The van der Waals surface area contributed by atoms with Gasteiger partial charge in [-0.3, -0.25) is 9.59 Å². The molecule has 5 nitrogen and oxygen atoms in total. The van der Waals surface area contributed by atoms with E-state index < -0.39 is 0 Å². The van der Waals surface area contributed by atoms with Gasteiger partial charge in [-0.25, -0.2) is 4.90 Å². The molecule has 4 rings (SSSR count). The van der Waals surface area contributed by atoms with Gasteiger partial charge in [-0.1, -0.05) is 29.8 Å². The van der Waals surface area contributed by atoms with Crippen molar-refractivity contribution in [2.45, 2.75) is 0 Å². The van der Waals surface area contributed by atoms with Gasteiger partial charge in [0.15, 0.2) is 0 Å². The number of rotatable bonds is 3. The first kappa shape index (κ1) is 18.1. The molecular weight excluding hydrogens is 384 g/mol. The molecule has 138 valence electrons. The molecule has 2 aliphatic heterocycles. The lowest BCUT2D eigenvalue weighted by molar-refractivity contribution is -0.113. The van der Waals surface area contributed by atoms with Gasteiger partial charge in [-0.15, -0.1) is 0 Å². The number of thioether (sulfide) groups is 1. The van der Waals surface area contributed by atoms with Crippen LogP contribution < -0.4 is 9.80 Å². The molecule has 2 fully saturated rings. The molecule has 2 saturated heterocycles. The van der Waals surface area contributed by atoms with E-state index in [0.29, 0.717) is 15.6 Å². The zero-order valence-corrected chi connectivity index (χ0v) is 16.0. The second-order valence-corrected chi connectivity index (χ2v) is 7.62. The number of carbonyl (C=O) groups is 2. The van der Waals surface area contributed by atoms with Crippen molar-refractivity contribution >= 4 is 52.0 Å². The van der Waals surface area contributed by atoms with E-state index in [1.54, 1.807) is 30.3 Å². The number of hydrogen-bond acceptors (Lipinski definition) is 5. The van der Waals surface area contributed by atoms with E-state index in [2.05, 4.69) is 4.90 Å². The lowest BCUT2D eigenvalue weighted by atomic mass is 10.1. The van der Waals surface area contributed by atoms with E-state index in [0.717, 1.165) is 54.2 Å². The Bertz CT molecular complexity index is 908. The molecule has 0 unspecified atom stereocenters. The van der Waals surface area contributed by atoms with Gasteiger partial charge in [0.05, 0.1) is 23.8 Å². The SMILES string of the molecule is O=C1S/C(=C/c2ccc(N3CCOCC3)cc2)C(=O)N1c1cccc(Cl)c1. The Morgan fingerprint density at radius 1 is 1.00 bits per heavy atom. The fourth-order valence-electron chi connectivity index (χ4n) is 3.06. The molecule has 0 radical (unpaired) electrons. The van der Waals surface area contributed by atoms with Crippen molar-refractivity contribution in [3.05, 3.63) is 64.0 Å². The molecular formula is C20H17ClN2O3S. The molecule has 0 atom stereocenters. The number of morpholine rings is 1. The standard InChI is InChI=1S/C20H17ClN2O3S/c21-15-2-1-3-17(13-15)23-19(24)18(27-20(23)25)12-14-4-6-16(7-5-14)22-8-10-26-11-9-22/h1-7,12-13H,8-11H2/b18-12+. The third kappa shape index (κ3) is 3.88. The number of carbonyl (C=O) groups excluding carboxylic acids is 2. The highest BCUT2D eigenvalue weighted by Gasteiger charge is 2.36. The summed E-state index contributed by atoms with van der Waals surface area (Å²) >= 11 is 6.92. The largest absolute Gasteiger partial charge is 0.378 e. The minimum atomic E-state index is -0.329. The van der Waals surface area contributed by atoms with E-state index in [9.17, 15) is 9.59 Å². The number of hydrogen-bond donors (Lipinski definition) is 0. The van der Waals surface area contributed by atoms with Crippen molar-refractivity contribution < 1.29 is 14.3 Å². The second-order valence-electron chi connectivity index (χ2n) is 6.19. The van der Waals surface area contributed by atoms with Gasteiger partial charge in [0.25, 0.3) is 11.1 Å². The predicted octanol–water partition coefficient (Wildman–Crippen LogP) is 4.42. The first-order chi connectivity index (χ1) is 13.1. The maximum Gasteiger partial charge on any atom is 0.298 e. The molecule has 0 bridgehead atoms. The van der Waals surface area contributed by atoms with Crippen LogP contribution in [0.25, 0.3) is 6.08 Å². The third-order valence-electron chi connectivity index (χ3n) is 4.43. The van der Waals surface area contributed by atoms with Crippen molar-refractivity contribution in [2.75, 3.05) is 36.1 Å². The van der Waals surface area contributed by atoms with E-state index in [1.807, 2.05) is 24.3 Å². The molecule has 7 heteroatoms. The van der Waals surface area contributed by atoms with Gasteiger partial charge in [0, 0.05) is 23.8 Å². The Balaban J connectivity index is 1.54. The quantitative estimate of drug-likeness (QED) is 0.714. The van der Waals surface area contributed by atoms with Crippen LogP contribution in [0.3, 0.4) is 0 Å². The number of ether oxygens (including phenoxy) is 1. The van der Waals surface area contributed by atoms with Gasteiger partial charge in [0.2, 0.25) is 0 Å². The Labute approximate surface area is 166 Å². The van der Waals surface area contributed by atoms with Crippen LogP contribution in [0.2, 0.25) is 5.02 Å². The van der Waals surface area contributed by atoms with Crippen LogP contribution in [0, 0.1) is 0 Å². The minimum Gasteiger partial charge on any atom is -0.378 e. The zero-order chi connectivity index (χ0) is 18.8. The van der Waals surface area contributed by atoms with E-state index in [1.165, 1.54) is 0 Å². The molecule has 27 heavy (non-hydrogen) atoms. The number of imide groups is 1. The van der Waals surface area contributed by atoms with Crippen LogP contribution in [-0.4, -0.2) is 37.4 Å². The first-order valence-electron chi connectivity index (χ1n) is 8.58. The van der Waals surface area contributed by atoms with Gasteiger partial charge < -0.3 is 9.64 Å². The molecule has 0 spiro atoms. The maximum absolute atomic E-state index is 12.7. The summed E-state index contributed by atoms with van der Waals surface area (Å²) < 4.78 is 5.37. The van der Waals surface area contributed by atoms with Crippen molar-refractivity contribution in [3.63, 3.8) is 0 Å². The third-order valence-corrected chi connectivity index (χ3v) is 5.53. The normalized spacial score (nSPS) is 19.2. The molecule has 0 N–H and O–H groups in total. The average molecular weight is 401 g/mol. The monoisotopic (exact) mass is 400 g/mol. The fraction of sp³-hybridized carbons (Fsp3) is 0.200. The molecule has 0 saturated carbocycles. The van der Waals surface area contributed by atoms with Crippen molar-refractivity contribution in [1.82, 2.24) is 0 Å². The van der Waals surface area contributed by atoms with E-state index >= 15 is 0 Å². The van der Waals surface area contributed by atoms with Gasteiger partial charge >= 0.3 is 0 Å². The lowest BCUT2D eigenvalue weighted by Gasteiger charge is -2.28. The highest BCUT2D eigenvalue weighted by Crippen LogP contribution is 2.36. The number of amides is 2. The predicted molar refractivity (Wildman–Crippen MR) is 109 cm³/mol. The Kier molecular flexibility index (Phi) is 5.20. The van der Waals surface area contributed by atoms with Gasteiger partial charge in [0.1, 0.15) is 0 Å². The number of halogens is 1. The smallest absolute Gasteiger partial charge is 0.298 e. The summed E-state index contributed by atoms with van der Waals surface area (Å²) in [4.78, 5) is 28.8. The molecule has 2 aliphatic rings. The number of nitrogens with zero attached hydrogens (tertiary/aromatic N) is 2. The van der Waals surface area contributed by atoms with Gasteiger partial charge in [-0.05, 0) is 53.7 Å². The summed E-state index contributed by atoms with van der Waals surface area (Å²) in [7, 11) is 0. The van der Waals surface area contributed by atoms with Crippen LogP contribution in [-0.2, 0) is 9.53 Å². The second kappa shape index (κ2) is 7.76. The van der Waals surface area contributed by atoms with Crippen LogP contribution in [0.1, 0.15) is 5.56 Å². The van der Waals surface area contributed by atoms with Crippen molar-refractivity contribution in [2.24, 2.45) is 0 Å².